The van der Waals surface area contributed by atoms with Gasteiger partial charge in [-0.3, -0.25) is 4.79 Å². The third-order valence-electron chi connectivity index (χ3n) is 5.13. The molecule has 1 atom stereocenters. The van der Waals surface area contributed by atoms with Crippen molar-refractivity contribution < 1.29 is 13.2 Å². The highest BCUT2D eigenvalue weighted by molar-refractivity contribution is 7.89. The van der Waals surface area contributed by atoms with Gasteiger partial charge in [0.05, 0.1) is 4.90 Å². The number of amides is 1. The van der Waals surface area contributed by atoms with Crippen molar-refractivity contribution >= 4 is 15.9 Å². The number of hydrogen-bond acceptors (Lipinski definition) is 4. The maximum atomic E-state index is 12.9. The van der Waals surface area contributed by atoms with Gasteiger partial charge in [-0.15, -0.1) is 0 Å². The first-order valence-electron chi connectivity index (χ1n) is 8.97. The number of carbonyl (C=O) groups is 1. The predicted molar refractivity (Wildman–Crippen MR) is 98.5 cm³/mol. The van der Waals surface area contributed by atoms with E-state index < -0.39 is 21.6 Å². The van der Waals surface area contributed by atoms with Crippen molar-refractivity contribution in [1.82, 2.24) is 9.62 Å². The van der Waals surface area contributed by atoms with Gasteiger partial charge in [0.1, 0.15) is 6.04 Å². The molecular formula is C18H29N3O3S. The minimum Gasteiger partial charge on any atom is -0.353 e. The second kappa shape index (κ2) is 8.29. The molecule has 2 rings (SSSR count). The normalized spacial score (nSPS) is 19.6. The maximum Gasteiger partial charge on any atom is 0.243 e. The molecule has 1 aromatic carbocycles. The molecule has 6 nitrogen and oxygen atoms in total. The van der Waals surface area contributed by atoms with E-state index in [0.29, 0.717) is 19.5 Å². The van der Waals surface area contributed by atoms with Gasteiger partial charge in [-0.2, -0.15) is 4.31 Å². The Balaban J connectivity index is 2.16. The summed E-state index contributed by atoms with van der Waals surface area (Å²) in [5.41, 5.74) is 5.79. The van der Waals surface area contributed by atoms with Gasteiger partial charge in [-0.1, -0.05) is 38.5 Å². The minimum absolute atomic E-state index is 0.227. The molecule has 1 aliphatic rings. The second-order valence-corrected chi connectivity index (χ2v) is 8.62. The molecule has 0 bridgehead atoms. The van der Waals surface area contributed by atoms with Crippen molar-refractivity contribution in [2.45, 2.75) is 62.4 Å². The lowest BCUT2D eigenvalue weighted by Gasteiger charge is -2.35. The van der Waals surface area contributed by atoms with Crippen LogP contribution in [0.25, 0.3) is 0 Å². The summed E-state index contributed by atoms with van der Waals surface area (Å²) in [7, 11) is -3.68. The molecule has 140 valence electrons. The van der Waals surface area contributed by atoms with Gasteiger partial charge < -0.3 is 11.1 Å². The number of nitrogens with one attached hydrogen (secondary N) is 1. The van der Waals surface area contributed by atoms with Crippen LogP contribution in [0.4, 0.5) is 0 Å². The lowest BCUT2D eigenvalue weighted by molar-refractivity contribution is -0.126. The highest BCUT2D eigenvalue weighted by atomic mass is 32.2. The number of hydrogen-bond donors (Lipinski definition) is 2. The number of piperidine rings is 1. The number of sulfonamides is 1. The predicted octanol–water partition coefficient (Wildman–Crippen LogP) is 1.86. The highest BCUT2D eigenvalue weighted by Gasteiger charge is 2.38. The van der Waals surface area contributed by atoms with E-state index in [1.54, 1.807) is 30.3 Å². The van der Waals surface area contributed by atoms with Gasteiger partial charge in [0.15, 0.2) is 0 Å². The molecule has 1 aromatic rings. The molecule has 0 aliphatic carbocycles. The van der Waals surface area contributed by atoms with Crippen molar-refractivity contribution in [2.75, 3.05) is 13.1 Å². The van der Waals surface area contributed by atoms with E-state index in [2.05, 4.69) is 5.32 Å². The quantitative estimate of drug-likeness (QED) is 0.769. The van der Waals surface area contributed by atoms with Crippen LogP contribution in [0.15, 0.2) is 35.2 Å². The number of nitrogens with two attached hydrogens (primary N) is 1. The zero-order chi connectivity index (χ0) is 18.5. The highest BCUT2D eigenvalue weighted by Crippen LogP contribution is 2.25. The molecule has 0 aromatic heterocycles. The van der Waals surface area contributed by atoms with Crippen molar-refractivity contribution in [3.05, 3.63) is 30.3 Å². The van der Waals surface area contributed by atoms with E-state index >= 15 is 0 Å². The summed E-state index contributed by atoms with van der Waals surface area (Å²) in [6, 6.07) is 7.62. The van der Waals surface area contributed by atoms with Crippen molar-refractivity contribution in [3.8, 4) is 0 Å². The summed E-state index contributed by atoms with van der Waals surface area (Å²) >= 11 is 0. The molecule has 1 heterocycles. The number of rotatable bonds is 7. The lowest BCUT2D eigenvalue weighted by Crippen LogP contribution is -2.56. The van der Waals surface area contributed by atoms with Gasteiger partial charge in [0, 0.05) is 18.6 Å². The first-order chi connectivity index (χ1) is 11.8. The number of nitrogens with zero attached hydrogens (tertiary/aromatic N) is 1. The van der Waals surface area contributed by atoms with E-state index in [1.807, 2.05) is 13.8 Å². The van der Waals surface area contributed by atoms with Crippen LogP contribution < -0.4 is 11.1 Å². The molecule has 1 aliphatic heterocycles. The molecule has 25 heavy (non-hydrogen) atoms. The van der Waals surface area contributed by atoms with Crippen LogP contribution in [0.2, 0.25) is 0 Å². The Kier molecular flexibility index (Phi) is 6.59. The Bertz CT molecular complexity index is 672. The van der Waals surface area contributed by atoms with E-state index in [1.165, 1.54) is 4.31 Å². The molecule has 0 radical (unpaired) electrons. The molecule has 7 heteroatoms. The van der Waals surface area contributed by atoms with Crippen LogP contribution in [0.3, 0.4) is 0 Å². The summed E-state index contributed by atoms with van der Waals surface area (Å²) in [6.45, 7) is 4.70. The standard InChI is InChI=1S/C18H29N3O3S/c1-3-18(19,4-2)14-20-17(22)16-12-8-9-13-21(16)25(23,24)15-10-6-5-7-11-15/h5-7,10-11,16H,3-4,8-9,12-14,19H2,1-2H3,(H,20,22). The summed E-state index contributed by atoms with van der Waals surface area (Å²) in [6.07, 6.45) is 3.64. The molecule has 0 spiro atoms. The minimum atomic E-state index is -3.68. The van der Waals surface area contributed by atoms with Gasteiger partial charge in [0.25, 0.3) is 0 Å². The molecule has 1 saturated heterocycles. The van der Waals surface area contributed by atoms with Crippen LogP contribution in [-0.4, -0.2) is 43.3 Å². The van der Waals surface area contributed by atoms with E-state index in [9.17, 15) is 13.2 Å². The van der Waals surface area contributed by atoms with Crippen molar-refractivity contribution in [1.29, 1.82) is 0 Å². The largest absolute Gasteiger partial charge is 0.353 e. The van der Waals surface area contributed by atoms with Gasteiger partial charge in [0.2, 0.25) is 15.9 Å². The Morgan fingerprint density at radius 1 is 1.24 bits per heavy atom. The fourth-order valence-corrected chi connectivity index (χ4v) is 4.74. The molecule has 3 N–H and O–H groups in total. The monoisotopic (exact) mass is 367 g/mol. The molecule has 1 amide bonds. The smallest absolute Gasteiger partial charge is 0.243 e. The van der Waals surface area contributed by atoms with Crippen LogP contribution in [0, 0.1) is 0 Å². The van der Waals surface area contributed by atoms with Crippen LogP contribution in [0.1, 0.15) is 46.0 Å². The molecule has 0 saturated carbocycles. The van der Waals surface area contributed by atoms with Gasteiger partial charge in [-0.25, -0.2) is 8.42 Å². The summed E-state index contributed by atoms with van der Waals surface area (Å²) in [5, 5.41) is 2.88. The van der Waals surface area contributed by atoms with E-state index in [4.69, 9.17) is 5.73 Å². The number of carbonyl (C=O) groups excluding carboxylic acids is 1. The van der Waals surface area contributed by atoms with Gasteiger partial charge >= 0.3 is 0 Å². The lowest BCUT2D eigenvalue weighted by atomic mass is 9.94. The Morgan fingerprint density at radius 3 is 2.48 bits per heavy atom. The number of benzene rings is 1. The fraction of sp³-hybridized carbons (Fsp3) is 0.611. The van der Waals surface area contributed by atoms with Crippen molar-refractivity contribution in [2.24, 2.45) is 5.73 Å². The van der Waals surface area contributed by atoms with Crippen LogP contribution >= 0.6 is 0 Å². The third kappa shape index (κ3) is 4.59. The summed E-state index contributed by atoms with van der Waals surface area (Å²) in [4.78, 5) is 12.9. The Hall–Kier alpha value is -1.44. The van der Waals surface area contributed by atoms with Crippen LogP contribution in [0.5, 0.6) is 0 Å². The molecule has 1 unspecified atom stereocenters. The first-order valence-corrected chi connectivity index (χ1v) is 10.4. The van der Waals surface area contributed by atoms with Gasteiger partial charge in [-0.05, 0) is 37.8 Å². The fourth-order valence-electron chi connectivity index (χ4n) is 3.06. The zero-order valence-electron chi connectivity index (χ0n) is 15.1. The topological polar surface area (TPSA) is 92.5 Å². The second-order valence-electron chi connectivity index (χ2n) is 6.73. The van der Waals surface area contributed by atoms with E-state index in [0.717, 1.165) is 25.7 Å². The average Bonchev–Trinajstić information content (AvgIpc) is 2.66. The van der Waals surface area contributed by atoms with E-state index in [-0.39, 0.29) is 10.8 Å². The first kappa shape index (κ1) is 19.9. The van der Waals surface area contributed by atoms with Crippen LogP contribution in [-0.2, 0) is 14.8 Å². The van der Waals surface area contributed by atoms with Crippen molar-refractivity contribution in [3.63, 3.8) is 0 Å². The molecule has 1 fully saturated rings. The zero-order valence-corrected chi connectivity index (χ0v) is 15.9. The molecular weight excluding hydrogens is 338 g/mol. The SMILES string of the molecule is CCC(N)(CC)CNC(=O)C1CCCCN1S(=O)(=O)c1ccccc1. The summed E-state index contributed by atoms with van der Waals surface area (Å²) in [5.74, 6) is -0.254. The summed E-state index contributed by atoms with van der Waals surface area (Å²) < 4.78 is 27.2. The Labute approximate surface area is 150 Å². The third-order valence-corrected chi connectivity index (χ3v) is 7.05. The Morgan fingerprint density at radius 2 is 1.88 bits per heavy atom. The maximum absolute atomic E-state index is 12.9. The average molecular weight is 368 g/mol.